The summed E-state index contributed by atoms with van der Waals surface area (Å²) in [4.78, 5) is 12.8. The molecule has 5 nitrogen and oxygen atoms in total. The number of hydrogen-bond acceptors (Lipinski definition) is 4. The van der Waals surface area contributed by atoms with Crippen LogP contribution in [0, 0.1) is 5.41 Å². The zero-order valence-electron chi connectivity index (χ0n) is 10.2. The molecule has 0 saturated carbocycles. The molecule has 0 amide bonds. The quantitative estimate of drug-likeness (QED) is 0.871. The maximum atomic E-state index is 11.4. The highest BCUT2D eigenvalue weighted by atomic mass is 35.5. The van der Waals surface area contributed by atoms with Gasteiger partial charge in [0.05, 0.1) is 7.11 Å². The van der Waals surface area contributed by atoms with Crippen molar-refractivity contribution in [2.24, 2.45) is 0 Å². The van der Waals surface area contributed by atoms with E-state index in [0.717, 1.165) is 0 Å². The number of nitrogens with one attached hydrogen (secondary N) is 1. The monoisotopic (exact) mass is 302 g/mol. The number of esters is 1. The molecule has 19 heavy (non-hydrogen) atoms. The summed E-state index contributed by atoms with van der Waals surface area (Å²) in [6.45, 7) is 0.0186. The van der Waals surface area contributed by atoms with Gasteiger partial charge in [0.25, 0.3) is 0 Å². The first kappa shape index (κ1) is 14.1. The number of halogens is 2. The summed E-state index contributed by atoms with van der Waals surface area (Å²) < 4.78 is 10.1. The standard InChI is InChI=1S/C12H12Cl2N2O3/c1-18-10(17)5-16-9(15)6-19-12(16)11-7(13)3-2-4-8(11)14/h2-4,12,15H,5-6H2,1H3. The Bertz CT molecular complexity index is 501. The first-order chi connectivity index (χ1) is 9.04. The van der Waals surface area contributed by atoms with E-state index in [1.165, 1.54) is 12.0 Å². The molecule has 1 aromatic rings. The summed E-state index contributed by atoms with van der Waals surface area (Å²) in [7, 11) is 1.29. The van der Waals surface area contributed by atoms with Crippen LogP contribution in [0.2, 0.25) is 10.0 Å². The molecule has 1 saturated heterocycles. The van der Waals surface area contributed by atoms with Crippen LogP contribution in [0.1, 0.15) is 11.8 Å². The fourth-order valence-electron chi connectivity index (χ4n) is 1.84. The first-order valence-electron chi connectivity index (χ1n) is 5.51. The average Bonchev–Trinajstić information content (AvgIpc) is 2.71. The first-order valence-corrected chi connectivity index (χ1v) is 6.26. The van der Waals surface area contributed by atoms with E-state index in [9.17, 15) is 4.79 Å². The number of ether oxygens (including phenoxy) is 2. The highest BCUT2D eigenvalue weighted by Gasteiger charge is 2.34. The number of carbonyl (C=O) groups excluding carboxylic acids is 1. The lowest BCUT2D eigenvalue weighted by atomic mass is 10.2. The molecule has 1 atom stereocenters. The molecule has 1 aromatic carbocycles. The van der Waals surface area contributed by atoms with Crippen molar-refractivity contribution in [1.82, 2.24) is 4.90 Å². The van der Waals surface area contributed by atoms with Gasteiger partial charge in [0.15, 0.2) is 6.23 Å². The Morgan fingerprint density at radius 2 is 2.16 bits per heavy atom. The molecule has 0 aliphatic carbocycles. The van der Waals surface area contributed by atoms with Crippen LogP contribution in [0.3, 0.4) is 0 Å². The number of methoxy groups -OCH3 is 1. The van der Waals surface area contributed by atoms with Crippen molar-refractivity contribution in [3.63, 3.8) is 0 Å². The number of benzene rings is 1. The number of nitrogens with zero attached hydrogens (tertiary/aromatic N) is 1. The van der Waals surface area contributed by atoms with Crippen LogP contribution < -0.4 is 0 Å². The Morgan fingerprint density at radius 1 is 1.53 bits per heavy atom. The minimum absolute atomic E-state index is 0.0818. The molecule has 1 aliphatic heterocycles. The molecular formula is C12H12Cl2N2O3. The second kappa shape index (κ2) is 5.77. The molecule has 0 aromatic heterocycles. The van der Waals surface area contributed by atoms with Crippen molar-refractivity contribution in [2.45, 2.75) is 6.23 Å². The van der Waals surface area contributed by atoms with E-state index in [2.05, 4.69) is 4.74 Å². The predicted octanol–water partition coefficient (Wildman–Crippen LogP) is 2.47. The van der Waals surface area contributed by atoms with Gasteiger partial charge in [0.2, 0.25) is 0 Å². The molecule has 1 heterocycles. The Balaban J connectivity index is 2.32. The molecule has 1 unspecified atom stereocenters. The minimum atomic E-state index is -0.646. The van der Waals surface area contributed by atoms with Gasteiger partial charge in [0, 0.05) is 15.6 Å². The van der Waals surface area contributed by atoms with Crippen LogP contribution in [0.15, 0.2) is 18.2 Å². The smallest absolute Gasteiger partial charge is 0.325 e. The molecule has 0 radical (unpaired) electrons. The van der Waals surface area contributed by atoms with Crippen molar-refractivity contribution >= 4 is 35.0 Å². The fraction of sp³-hybridized carbons (Fsp3) is 0.333. The van der Waals surface area contributed by atoms with Crippen molar-refractivity contribution in [2.75, 3.05) is 20.3 Å². The summed E-state index contributed by atoms with van der Waals surface area (Å²) in [5, 5.41) is 8.67. The van der Waals surface area contributed by atoms with Crippen molar-refractivity contribution in [1.29, 1.82) is 5.41 Å². The van der Waals surface area contributed by atoms with Crippen molar-refractivity contribution in [3.8, 4) is 0 Å². The second-order valence-electron chi connectivity index (χ2n) is 3.95. The number of hydrogen-bond donors (Lipinski definition) is 1. The van der Waals surface area contributed by atoms with E-state index in [1.807, 2.05) is 0 Å². The SMILES string of the molecule is COC(=O)CN1C(=N)COC1c1c(Cl)cccc1Cl. The van der Waals surface area contributed by atoms with Crippen molar-refractivity contribution in [3.05, 3.63) is 33.8 Å². The number of amidine groups is 1. The molecule has 1 aliphatic rings. The third-order valence-electron chi connectivity index (χ3n) is 2.78. The summed E-state index contributed by atoms with van der Waals surface area (Å²) >= 11 is 12.2. The van der Waals surface area contributed by atoms with Crippen LogP contribution in [0.25, 0.3) is 0 Å². The zero-order valence-corrected chi connectivity index (χ0v) is 11.7. The maximum Gasteiger partial charge on any atom is 0.325 e. The van der Waals surface area contributed by atoms with Crippen LogP contribution in [0.5, 0.6) is 0 Å². The van der Waals surface area contributed by atoms with Gasteiger partial charge in [-0.05, 0) is 12.1 Å². The Kier molecular flexibility index (Phi) is 4.29. The van der Waals surface area contributed by atoms with Crippen LogP contribution in [0.4, 0.5) is 0 Å². The lowest BCUT2D eigenvalue weighted by Gasteiger charge is -2.25. The fourth-order valence-corrected chi connectivity index (χ4v) is 2.42. The predicted molar refractivity (Wildman–Crippen MR) is 71.6 cm³/mol. The van der Waals surface area contributed by atoms with Crippen LogP contribution in [-0.2, 0) is 14.3 Å². The third-order valence-corrected chi connectivity index (χ3v) is 3.44. The van der Waals surface area contributed by atoms with Crippen LogP contribution in [-0.4, -0.2) is 37.0 Å². The lowest BCUT2D eigenvalue weighted by Crippen LogP contribution is -2.34. The highest BCUT2D eigenvalue weighted by molar-refractivity contribution is 6.36. The largest absolute Gasteiger partial charge is 0.468 e. The van der Waals surface area contributed by atoms with Gasteiger partial charge in [-0.15, -0.1) is 0 Å². The Labute approximate surface area is 120 Å². The van der Waals surface area contributed by atoms with Gasteiger partial charge >= 0.3 is 5.97 Å². The van der Waals surface area contributed by atoms with E-state index in [1.54, 1.807) is 18.2 Å². The highest BCUT2D eigenvalue weighted by Crippen LogP contribution is 2.37. The second-order valence-corrected chi connectivity index (χ2v) is 4.76. The van der Waals surface area contributed by atoms with Crippen molar-refractivity contribution < 1.29 is 14.3 Å². The summed E-state index contributed by atoms with van der Waals surface area (Å²) in [5.74, 6) is -0.269. The van der Waals surface area contributed by atoms with Gasteiger partial charge in [-0.2, -0.15) is 0 Å². The van der Waals surface area contributed by atoms with E-state index >= 15 is 0 Å². The maximum absolute atomic E-state index is 11.4. The van der Waals surface area contributed by atoms with E-state index in [4.69, 9.17) is 33.3 Å². The molecule has 1 N–H and O–H groups in total. The van der Waals surface area contributed by atoms with E-state index in [0.29, 0.717) is 15.6 Å². The Morgan fingerprint density at radius 3 is 2.74 bits per heavy atom. The molecular weight excluding hydrogens is 291 g/mol. The molecule has 0 spiro atoms. The van der Waals surface area contributed by atoms with Gasteiger partial charge in [-0.1, -0.05) is 29.3 Å². The summed E-state index contributed by atoms with van der Waals surface area (Å²) in [5.41, 5.74) is 0.553. The average molecular weight is 303 g/mol. The zero-order chi connectivity index (χ0) is 14.0. The topological polar surface area (TPSA) is 62.6 Å². The normalized spacial score (nSPS) is 18.8. The van der Waals surface area contributed by atoms with E-state index in [-0.39, 0.29) is 19.0 Å². The lowest BCUT2D eigenvalue weighted by molar-refractivity contribution is -0.142. The third kappa shape index (κ3) is 2.83. The van der Waals surface area contributed by atoms with Crippen LogP contribution >= 0.6 is 23.2 Å². The van der Waals surface area contributed by atoms with Gasteiger partial charge in [-0.3, -0.25) is 10.2 Å². The molecule has 0 bridgehead atoms. The number of rotatable bonds is 3. The van der Waals surface area contributed by atoms with Gasteiger partial charge in [0.1, 0.15) is 19.0 Å². The number of carbonyl (C=O) groups is 1. The van der Waals surface area contributed by atoms with Gasteiger partial charge < -0.3 is 14.4 Å². The molecule has 1 fully saturated rings. The molecule has 102 valence electrons. The summed E-state index contributed by atoms with van der Waals surface area (Å²) in [6, 6.07) is 5.09. The molecule has 7 heteroatoms. The Hall–Kier alpha value is -1.30. The van der Waals surface area contributed by atoms with E-state index < -0.39 is 12.2 Å². The minimum Gasteiger partial charge on any atom is -0.468 e. The molecule has 2 rings (SSSR count). The van der Waals surface area contributed by atoms with Gasteiger partial charge in [-0.25, -0.2) is 0 Å². The summed E-state index contributed by atoms with van der Waals surface area (Å²) in [6.07, 6.45) is -0.646.